The highest BCUT2D eigenvalue weighted by Gasteiger charge is 2.16. The van der Waals surface area contributed by atoms with Crippen molar-refractivity contribution in [3.05, 3.63) is 18.0 Å². The van der Waals surface area contributed by atoms with Gasteiger partial charge in [0.2, 0.25) is 0 Å². The van der Waals surface area contributed by atoms with Gasteiger partial charge in [0, 0.05) is 18.0 Å². The van der Waals surface area contributed by atoms with E-state index in [-0.39, 0.29) is 5.91 Å². The van der Waals surface area contributed by atoms with Crippen molar-refractivity contribution in [2.24, 2.45) is 0 Å². The summed E-state index contributed by atoms with van der Waals surface area (Å²) in [5.41, 5.74) is 0.605. The normalized spacial score (nSPS) is 21.0. The number of carbonyl (C=O) groups is 1. The van der Waals surface area contributed by atoms with Gasteiger partial charge < -0.3 is 5.32 Å². The Balaban J connectivity index is 1.78. The van der Waals surface area contributed by atoms with Crippen molar-refractivity contribution in [1.82, 2.24) is 15.5 Å². The van der Waals surface area contributed by atoms with Crippen LogP contribution in [-0.2, 0) is 0 Å². The average molecular weight is 211 g/mol. The minimum Gasteiger partial charge on any atom is -0.351 e. The summed E-state index contributed by atoms with van der Waals surface area (Å²) in [6.45, 7) is 0.773. The molecule has 0 radical (unpaired) electrons. The number of hydrogen-bond donors (Lipinski definition) is 2. The summed E-state index contributed by atoms with van der Waals surface area (Å²) in [5, 5.41) is 9.86. The zero-order valence-corrected chi connectivity index (χ0v) is 8.64. The lowest BCUT2D eigenvalue weighted by molar-refractivity contribution is 0.0954. The minimum absolute atomic E-state index is 0.0359. The summed E-state index contributed by atoms with van der Waals surface area (Å²) in [4.78, 5) is 11.5. The molecule has 2 rings (SSSR count). The van der Waals surface area contributed by atoms with E-state index < -0.39 is 0 Å². The van der Waals surface area contributed by atoms with Gasteiger partial charge in [-0.05, 0) is 18.6 Å². The number of rotatable bonds is 3. The molecule has 1 atom stereocenters. The molecule has 1 amide bonds. The van der Waals surface area contributed by atoms with Gasteiger partial charge in [0.25, 0.3) is 5.91 Å². The van der Waals surface area contributed by atoms with Gasteiger partial charge in [-0.25, -0.2) is 0 Å². The average Bonchev–Trinajstić information content (AvgIpc) is 2.87. The molecule has 1 unspecified atom stereocenters. The summed E-state index contributed by atoms with van der Waals surface area (Å²) in [5.74, 6) is 1.19. The summed E-state index contributed by atoms with van der Waals surface area (Å²) < 4.78 is 0. The van der Waals surface area contributed by atoms with Crippen LogP contribution in [0.5, 0.6) is 0 Å². The topological polar surface area (TPSA) is 57.8 Å². The Bertz CT molecular complexity index is 293. The third-order valence-electron chi connectivity index (χ3n) is 2.27. The molecule has 0 aliphatic carbocycles. The molecule has 4 nitrogen and oxygen atoms in total. The second-order valence-electron chi connectivity index (χ2n) is 3.33. The monoisotopic (exact) mass is 211 g/mol. The fraction of sp³-hybridized carbons (Fsp3) is 0.556. The van der Waals surface area contributed by atoms with Gasteiger partial charge in [-0.1, -0.05) is 0 Å². The zero-order chi connectivity index (χ0) is 9.80. The molecule has 1 aromatic rings. The van der Waals surface area contributed by atoms with Gasteiger partial charge in [-0.2, -0.15) is 16.9 Å². The predicted molar refractivity (Wildman–Crippen MR) is 56.4 cm³/mol. The van der Waals surface area contributed by atoms with E-state index in [0.29, 0.717) is 10.8 Å². The first-order chi connectivity index (χ1) is 6.86. The Morgan fingerprint density at radius 3 is 3.36 bits per heavy atom. The van der Waals surface area contributed by atoms with E-state index in [2.05, 4.69) is 15.5 Å². The van der Waals surface area contributed by atoms with Gasteiger partial charge in [-0.15, -0.1) is 0 Å². The molecule has 5 heteroatoms. The molecule has 1 fully saturated rings. The predicted octanol–water partition coefficient (Wildman–Crippen LogP) is 1.04. The van der Waals surface area contributed by atoms with E-state index in [1.54, 1.807) is 6.20 Å². The van der Waals surface area contributed by atoms with Crippen LogP contribution in [0.2, 0.25) is 0 Å². The SMILES string of the molecule is O=C(NCC1CCCS1)c1cn[nH]c1. The molecule has 2 N–H and O–H groups in total. The lowest BCUT2D eigenvalue weighted by atomic mass is 10.2. The smallest absolute Gasteiger partial charge is 0.254 e. The summed E-state index contributed by atoms with van der Waals surface area (Å²) in [6.07, 6.45) is 5.64. The number of amides is 1. The van der Waals surface area contributed by atoms with Gasteiger partial charge >= 0.3 is 0 Å². The molecular formula is C9H13N3OS. The van der Waals surface area contributed by atoms with Crippen LogP contribution in [0.3, 0.4) is 0 Å². The number of thioether (sulfide) groups is 1. The van der Waals surface area contributed by atoms with Crippen molar-refractivity contribution in [2.75, 3.05) is 12.3 Å². The van der Waals surface area contributed by atoms with Gasteiger partial charge in [-0.3, -0.25) is 9.89 Å². The maximum Gasteiger partial charge on any atom is 0.254 e. The third kappa shape index (κ3) is 2.29. The van der Waals surface area contributed by atoms with E-state index >= 15 is 0 Å². The maximum atomic E-state index is 11.5. The molecular weight excluding hydrogens is 198 g/mol. The van der Waals surface area contributed by atoms with Crippen LogP contribution in [0.1, 0.15) is 23.2 Å². The lowest BCUT2D eigenvalue weighted by Gasteiger charge is -2.08. The fourth-order valence-electron chi connectivity index (χ4n) is 1.49. The molecule has 1 aliphatic rings. The van der Waals surface area contributed by atoms with Crippen molar-refractivity contribution in [2.45, 2.75) is 18.1 Å². The van der Waals surface area contributed by atoms with E-state index in [0.717, 1.165) is 6.54 Å². The fourth-order valence-corrected chi connectivity index (χ4v) is 2.69. The Morgan fingerprint density at radius 1 is 1.79 bits per heavy atom. The van der Waals surface area contributed by atoms with Crippen molar-refractivity contribution in [1.29, 1.82) is 0 Å². The van der Waals surface area contributed by atoms with Crippen molar-refractivity contribution in [3.8, 4) is 0 Å². The molecule has 2 heterocycles. The van der Waals surface area contributed by atoms with E-state index in [1.807, 2.05) is 11.8 Å². The van der Waals surface area contributed by atoms with Crippen LogP contribution in [0.15, 0.2) is 12.4 Å². The van der Waals surface area contributed by atoms with Gasteiger partial charge in [0.1, 0.15) is 0 Å². The number of carbonyl (C=O) groups excluding carboxylic acids is 1. The summed E-state index contributed by atoms with van der Waals surface area (Å²) >= 11 is 1.94. The molecule has 0 saturated carbocycles. The van der Waals surface area contributed by atoms with Crippen LogP contribution >= 0.6 is 11.8 Å². The van der Waals surface area contributed by atoms with Crippen LogP contribution < -0.4 is 5.32 Å². The highest BCUT2D eigenvalue weighted by atomic mass is 32.2. The van der Waals surface area contributed by atoms with Crippen LogP contribution in [0.25, 0.3) is 0 Å². The first-order valence-electron chi connectivity index (χ1n) is 4.75. The molecule has 0 spiro atoms. The molecule has 14 heavy (non-hydrogen) atoms. The van der Waals surface area contributed by atoms with E-state index in [9.17, 15) is 4.79 Å². The van der Waals surface area contributed by atoms with E-state index in [4.69, 9.17) is 0 Å². The number of hydrogen-bond acceptors (Lipinski definition) is 3. The van der Waals surface area contributed by atoms with Crippen molar-refractivity contribution < 1.29 is 4.79 Å². The van der Waals surface area contributed by atoms with Gasteiger partial charge in [0.15, 0.2) is 0 Å². The highest BCUT2D eigenvalue weighted by Crippen LogP contribution is 2.25. The van der Waals surface area contributed by atoms with Gasteiger partial charge in [0.05, 0.1) is 11.8 Å². The lowest BCUT2D eigenvalue weighted by Crippen LogP contribution is -2.29. The number of aromatic nitrogens is 2. The standard InChI is InChI=1S/C9H13N3OS/c13-9(7-4-11-12-5-7)10-6-8-2-1-3-14-8/h4-5,8H,1-3,6H2,(H,10,13)(H,11,12). The molecule has 0 bridgehead atoms. The number of nitrogens with zero attached hydrogens (tertiary/aromatic N) is 1. The number of nitrogens with one attached hydrogen (secondary N) is 2. The van der Waals surface area contributed by atoms with Crippen LogP contribution in [0.4, 0.5) is 0 Å². The molecule has 1 saturated heterocycles. The maximum absolute atomic E-state index is 11.5. The Labute approximate surface area is 86.8 Å². The van der Waals surface area contributed by atoms with E-state index in [1.165, 1.54) is 24.8 Å². The number of H-pyrrole nitrogens is 1. The Kier molecular flexibility index (Phi) is 3.08. The molecule has 1 aliphatic heterocycles. The quantitative estimate of drug-likeness (QED) is 0.785. The summed E-state index contributed by atoms with van der Waals surface area (Å²) in [6, 6.07) is 0. The second-order valence-corrected chi connectivity index (χ2v) is 4.74. The zero-order valence-electron chi connectivity index (χ0n) is 7.82. The van der Waals surface area contributed by atoms with Crippen molar-refractivity contribution >= 4 is 17.7 Å². The largest absolute Gasteiger partial charge is 0.351 e. The van der Waals surface area contributed by atoms with Crippen molar-refractivity contribution in [3.63, 3.8) is 0 Å². The third-order valence-corrected chi connectivity index (χ3v) is 3.67. The molecule has 0 aromatic carbocycles. The molecule has 1 aromatic heterocycles. The first-order valence-corrected chi connectivity index (χ1v) is 5.80. The number of aromatic amines is 1. The Hall–Kier alpha value is -0.970. The highest BCUT2D eigenvalue weighted by molar-refractivity contribution is 8.00. The Morgan fingerprint density at radius 2 is 2.71 bits per heavy atom. The summed E-state index contributed by atoms with van der Waals surface area (Å²) in [7, 11) is 0. The molecule has 76 valence electrons. The first kappa shape index (κ1) is 9.58. The van der Waals surface area contributed by atoms with Crippen LogP contribution in [-0.4, -0.2) is 33.7 Å². The van der Waals surface area contributed by atoms with Crippen LogP contribution in [0, 0.1) is 0 Å². The second kappa shape index (κ2) is 4.50. The minimum atomic E-state index is -0.0359.